The third-order valence-electron chi connectivity index (χ3n) is 4.35. The number of carbonyl (C=O) groups is 2. The lowest BCUT2D eigenvalue weighted by Gasteiger charge is -2.12. The first-order valence-electron chi connectivity index (χ1n) is 8.84. The molecule has 2 amide bonds. The zero-order valence-corrected chi connectivity index (χ0v) is 15.8. The van der Waals surface area contributed by atoms with Gasteiger partial charge in [-0.25, -0.2) is 8.78 Å². The van der Waals surface area contributed by atoms with Gasteiger partial charge in [0.25, 0.3) is 5.91 Å². The van der Waals surface area contributed by atoms with E-state index in [0.717, 1.165) is 18.6 Å². The lowest BCUT2D eigenvalue weighted by atomic mass is 9.97. The van der Waals surface area contributed by atoms with Crippen LogP contribution in [0.3, 0.4) is 0 Å². The summed E-state index contributed by atoms with van der Waals surface area (Å²) in [5.41, 5.74) is 4.60. The van der Waals surface area contributed by atoms with Gasteiger partial charge in [-0.05, 0) is 56.0 Å². The Kier molecular flexibility index (Phi) is 7.05. The van der Waals surface area contributed by atoms with E-state index in [2.05, 4.69) is 43.5 Å². The van der Waals surface area contributed by atoms with Crippen molar-refractivity contribution in [2.75, 3.05) is 13.1 Å². The van der Waals surface area contributed by atoms with Crippen LogP contribution in [0.4, 0.5) is 8.78 Å². The average Bonchev–Trinajstić information content (AvgIpc) is 2.57. The molecule has 2 aromatic rings. The number of benzene rings is 2. The molecule has 0 spiro atoms. The van der Waals surface area contributed by atoms with Crippen LogP contribution in [0.2, 0.25) is 0 Å². The molecule has 0 bridgehead atoms. The van der Waals surface area contributed by atoms with Gasteiger partial charge >= 0.3 is 0 Å². The zero-order chi connectivity index (χ0) is 20.0. The summed E-state index contributed by atoms with van der Waals surface area (Å²) in [7, 11) is 0. The van der Waals surface area contributed by atoms with Crippen molar-refractivity contribution in [3.05, 3.63) is 69.8 Å². The van der Waals surface area contributed by atoms with E-state index in [9.17, 15) is 18.4 Å². The highest BCUT2D eigenvalue weighted by molar-refractivity contribution is 5.94. The molecule has 0 aliphatic carbocycles. The van der Waals surface area contributed by atoms with Crippen molar-refractivity contribution in [1.82, 2.24) is 10.6 Å². The Bertz CT molecular complexity index is 827. The molecule has 144 valence electrons. The molecule has 0 unspecified atom stereocenters. The molecule has 27 heavy (non-hydrogen) atoms. The fourth-order valence-corrected chi connectivity index (χ4v) is 3.08. The molecule has 2 aromatic carbocycles. The van der Waals surface area contributed by atoms with Crippen LogP contribution in [0.25, 0.3) is 0 Å². The molecule has 0 saturated carbocycles. The lowest BCUT2D eigenvalue weighted by molar-refractivity contribution is -0.120. The number of carbonyl (C=O) groups excluding carboxylic acids is 2. The Labute approximate surface area is 158 Å². The van der Waals surface area contributed by atoms with Crippen LogP contribution in [-0.2, 0) is 11.2 Å². The topological polar surface area (TPSA) is 58.2 Å². The molecule has 0 aliphatic heterocycles. The maximum Gasteiger partial charge on any atom is 0.254 e. The van der Waals surface area contributed by atoms with E-state index < -0.39 is 17.5 Å². The number of hydrogen-bond donors (Lipinski definition) is 2. The third-order valence-corrected chi connectivity index (χ3v) is 4.35. The predicted octanol–water partition coefficient (Wildman–Crippen LogP) is 3.37. The first-order chi connectivity index (χ1) is 12.8. The van der Waals surface area contributed by atoms with Gasteiger partial charge in [0.1, 0.15) is 11.6 Å². The van der Waals surface area contributed by atoms with Gasteiger partial charge in [0, 0.05) is 25.6 Å². The van der Waals surface area contributed by atoms with Gasteiger partial charge in [-0.2, -0.15) is 0 Å². The van der Waals surface area contributed by atoms with Gasteiger partial charge in [-0.1, -0.05) is 17.7 Å². The summed E-state index contributed by atoms with van der Waals surface area (Å²) in [5, 5.41) is 5.28. The number of halogens is 2. The maximum atomic E-state index is 13.5. The zero-order valence-electron chi connectivity index (χ0n) is 15.8. The standard InChI is InChI=1S/C21H24F2N2O2/c1-13-10-14(2)17(15(3)11-13)6-8-24-20(26)7-9-25-21(27)18-5-4-16(22)12-19(18)23/h4-5,10-12H,6-9H2,1-3H3,(H,24,26)(H,25,27). The van der Waals surface area contributed by atoms with Crippen molar-refractivity contribution in [1.29, 1.82) is 0 Å². The highest BCUT2D eigenvalue weighted by Crippen LogP contribution is 2.16. The summed E-state index contributed by atoms with van der Waals surface area (Å²) < 4.78 is 26.4. The largest absolute Gasteiger partial charge is 0.356 e. The maximum absolute atomic E-state index is 13.5. The van der Waals surface area contributed by atoms with Crippen LogP contribution in [0.1, 0.15) is 39.0 Å². The van der Waals surface area contributed by atoms with Crippen molar-refractivity contribution in [2.24, 2.45) is 0 Å². The minimum Gasteiger partial charge on any atom is -0.356 e. The lowest BCUT2D eigenvalue weighted by Crippen LogP contribution is -2.32. The number of rotatable bonds is 7. The minimum atomic E-state index is -0.930. The van der Waals surface area contributed by atoms with E-state index in [1.54, 1.807) is 0 Å². The van der Waals surface area contributed by atoms with Gasteiger partial charge in [-0.15, -0.1) is 0 Å². The molecule has 2 N–H and O–H groups in total. The minimum absolute atomic E-state index is 0.0735. The van der Waals surface area contributed by atoms with E-state index >= 15 is 0 Å². The first kappa shape index (κ1) is 20.6. The molecule has 2 rings (SSSR count). The smallest absolute Gasteiger partial charge is 0.254 e. The third kappa shape index (κ3) is 5.88. The Morgan fingerprint density at radius 1 is 0.926 bits per heavy atom. The normalized spacial score (nSPS) is 10.6. The molecule has 0 fully saturated rings. The molecule has 0 saturated heterocycles. The van der Waals surface area contributed by atoms with Gasteiger partial charge < -0.3 is 10.6 Å². The second-order valence-electron chi connectivity index (χ2n) is 6.61. The number of nitrogens with one attached hydrogen (secondary N) is 2. The summed E-state index contributed by atoms with van der Waals surface area (Å²) in [5.74, 6) is -2.55. The highest BCUT2D eigenvalue weighted by atomic mass is 19.1. The van der Waals surface area contributed by atoms with Crippen molar-refractivity contribution < 1.29 is 18.4 Å². The molecule has 6 heteroatoms. The van der Waals surface area contributed by atoms with Gasteiger partial charge in [-0.3, -0.25) is 9.59 Å². The highest BCUT2D eigenvalue weighted by Gasteiger charge is 2.12. The first-order valence-corrected chi connectivity index (χ1v) is 8.84. The van der Waals surface area contributed by atoms with Crippen molar-refractivity contribution >= 4 is 11.8 Å². The van der Waals surface area contributed by atoms with Gasteiger partial charge in [0.2, 0.25) is 5.91 Å². The Morgan fingerprint density at radius 3 is 2.22 bits per heavy atom. The van der Waals surface area contributed by atoms with E-state index in [1.165, 1.54) is 22.3 Å². The summed E-state index contributed by atoms with van der Waals surface area (Å²) in [4.78, 5) is 23.8. The molecule has 0 atom stereocenters. The van der Waals surface area contributed by atoms with Crippen molar-refractivity contribution in [2.45, 2.75) is 33.6 Å². The Balaban J connectivity index is 1.74. The fraction of sp³-hybridized carbons (Fsp3) is 0.333. The van der Waals surface area contributed by atoms with Crippen LogP contribution in [0.5, 0.6) is 0 Å². The van der Waals surface area contributed by atoms with Gasteiger partial charge in [0.05, 0.1) is 5.56 Å². The molecular formula is C21H24F2N2O2. The van der Waals surface area contributed by atoms with E-state index in [-0.39, 0.29) is 24.4 Å². The SMILES string of the molecule is Cc1cc(C)c(CCNC(=O)CCNC(=O)c2ccc(F)cc2F)c(C)c1. The quantitative estimate of drug-likeness (QED) is 0.781. The monoisotopic (exact) mass is 374 g/mol. The molecule has 4 nitrogen and oxygen atoms in total. The van der Waals surface area contributed by atoms with Crippen LogP contribution in [0, 0.1) is 32.4 Å². The Hall–Kier alpha value is -2.76. The summed E-state index contributed by atoms with van der Waals surface area (Å²) >= 11 is 0. The summed E-state index contributed by atoms with van der Waals surface area (Å²) in [6.07, 6.45) is 0.817. The van der Waals surface area contributed by atoms with Crippen LogP contribution in [0.15, 0.2) is 30.3 Å². The molecule has 0 radical (unpaired) electrons. The molecule has 0 aromatic heterocycles. The van der Waals surface area contributed by atoms with Gasteiger partial charge in [0.15, 0.2) is 0 Å². The fourth-order valence-electron chi connectivity index (χ4n) is 3.08. The van der Waals surface area contributed by atoms with Crippen LogP contribution >= 0.6 is 0 Å². The predicted molar refractivity (Wildman–Crippen MR) is 101 cm³/mol. The average molecular weight is 374 g/mol. The van der Waals surface area contributed by atoms with E-state index in [1.807, 2.05) is 0 Å². The van der Waals surface area contributed by atoms with E-state index in [0.29, 0.717) is 12.6 Å². The second-order valence-corrected chi connectivity index (χ2v) is 6.61. The van der Waals surface area contributed by atoms with Crippen molar-refractivity contribution in [3.63, 3.8) is 0 Å². The molecule has 0 heterocycles. The van der Waals surface area contributed by atoms with Crippen molar-refractivity contribution in [3.8, 4) is 0 Å². The number of hydrogen-bond acceptors (Lipinski definition) is 2. The molecular weight excluding hydrogens is 350 g/mol. The van der Waals surface area contributed by atoms with Crippen LogP contribution < -0.4 is 10.6 Å². The van der Waals surface area contributed by atoms with E-state index in [4.69, 9.17) is 0 Å². The summed E-state index contributed by atoms with van der Waals surface area (Å²) in [6, 6.07) is 6.98. The number of amides is 2. The second kappa shape index (κ2) is 9.26. The van der Waals surface area contributed by atoms with Crippen LogP contribution in [-0.4, -0.2) is 24.9 Å². The number of aryl methyl sites for hydroxylation is 3. The summed E-state index contributed by atoms with van der Waals surface area (Å²) in [6.45, 7) is 6.74. The molecule has 0 aliphatic rings. The Morgan fingerprint density at radius 2 is 1.59 bits per heavy atom.